The fraction of sp³-hybridized carbons (Fsp3) is 0.447. The van der Waals surface area contributed by atoms with E-state index in [1.807, 2.05) is 147 Å². The first-order chi connectivity index (χ1) is 63.7. The number of amides is 2. The second-order valence-electron chi connectivity index (χ2n) is 35.6. The number of H-pyrrole nitrogens is 2. The SMILES string of the molecule is [C-]#[N+]CCOP(=S)(NC1CC(n2cnc3c(=O)[nH]c(NC(=O)C(C)C)nc32)OC1CO)OCC1OC(N=CN(C)C)CC1NC(c1ccccc1)(c1ccccc1)c1ccccc1.[C-]#[N+]CCOP(=S)(NC1CC(n2cnc3c(=O)[nH]c(NC(=O)C(C)C)nc32)OC1CO[Si](C)(C)C(C)(C)C)OCC1OC(N=CN(C)C)CC1NC(c1ccccc1)(c1ccccc1)c1ccccc1. The normalized spacial score (nSPS) is 22.1. The summed E-state index contributed by atoms with van der Waals surface area (Å²) in [4.78, 5) is 94.5. The van der Waals surface area contributed by atoms with Gasteiger partial charge in [-0.25, -0.2) is 43.3 Å². The molecule has 4 aliphatic rings. The van der Waals surface area contributed by atoms with Crippen molar-refractivity contribution in [3.8, 4) is 0 Å². The molecule has 0 aliphatic carbocycles. The summed E-state index contributed by atoms with van der Waals surface area (Å²) in [6, 6.07) is 60.3. The second kappa shape index (κ2) is 45.0. The molecule has 14 rings (SSSR count). The Morgan fingerprint density at radius 2 is 0.865 bits per heavy atom. The summed E-state index contributed by atoms with van der Waals surface area (Å²) in [6.45, 7) is 25.9. The lowest BCUT2D eigenvalue weighted by atomic mass is 9.76. The van der Waals surface area contributed by atoms with E-state index in [2.05, 4.69) is 178 Å². The number of hydrogen-bond donors (Lipinski definition) is 9. The Hall–Kier alpha value is -10.2. The van der Waals surface area contributed by atoms with Crippen LogP contribution in [0, 0.1) is 25.0 Å². The van der Waals surface area contributed by atoms with Crippen molar-refractivity contribution in [1.29, 1.82) is 0 Å². The molecule has 9 N–H and O–H groups in total. The van der Waals surface area contributed by atoms with E-state index in [0.29, 0.717) is 19.3 Å². The van der Waals surface area contributed by atoms with Crippen molar-refractivity contribution in [2.75, 3.05) is 91.6 Å². The van der Waals surface area contributed by atoms with Gasteiger partial charge in [-0.3, -0.25) is 59.5 Å². The van der Waals surface area contributed by atoms with Gasteiger partial charge in [0.25, 0.3) is 24.4 Å². The van der Waals surface area contributed by atoms with Crippen LogP contribution < -0.4 is 42.6 Å². The van der Waals surface area contributed by atoms with Crippen molar-refractivity contribution >= 4 is 104 Å². The highest BCUT2D eigenvalue weighted by Crippen LogP contribution is 2.52. The van der Waals surface area contributed by atoms with Gasteiger partial charge in [0.2, 0.25) is 36.8 Å². The van der Waals surface area contributed by atoms with E-state index in [4.69, 9.17) is 88.2 Å². The number of aliphatic imine (C=N–C) groups is 2. The summed E-state index contributed by atoms with van der Waals surface area (Å²) in [5, 5.41) is 30.9. The zero-order valence-electron chi connectivity index (χ0n) is 77.0. The number of aromatic nitrogens is 8. The average molecular weight is 1910 g/mol. The topological polar surface area (TPSA) is 377 Å². The number of imidazole rings is 2. The van der Waals surface area contributed by atoms with E-state index in [1.165, 1.54) is 12.7 Å². The maximum Gasteiger partial charge on any atom is 0.280 e. The van der Waals surface area contributed by atoms with Gasteiger partial charge in [-0.15, -0.1) is 0 Å². The van der Waals surface area contributed by atoms with Crippen LogP contribution in [0.1, 0.15) is 120 Å². The number of ether oxygens (including phenoxy) is 4. The Morgan fingerprint density at radius 1 is 0.534 bits per heavy atom. The van der Waals surface area contributed by atoms with E-state index in [1.54, 1.807) is 49.5 Å². The quantitative estimate of drug-likeness (QED) is 0.00327. The van der Waals surface area contributed by atoms with Gasteiger partial charge in [0, 0.05) is 89.9 Å². The van der Waals surface area contributed by atoms with Gasteiger partial charge in [-0.1, -0.05) is 230 Å². The first-order valence-electron chi connectivity index (χ1n) is 44.5. The Labute approximate surface area is 786 Å². The Balaban J connectivity index is 0.000000227. The minimum atomic E-state index is -3.46. The molecule has 0 saturated carbocycles. The van der Waals surface area contributed by atoms with Crippen LogP contribution in [-0.4, -0.2) is 229 Å². The van der Waals surface area contributed by atoms with Crippen LogP contribution in [-0.2, 0) is 85.7 Å². The predicted molar refractivity (Wildman–Crippen MR) is 523 cm³/mol. The zero-order valence-corrected chi connectivity index (χ0v) is 81.5. The zero-order chi connectivity index (χ0) is 94.8. The molecule has 8 heterocycles. The molecule has 4 aromatic heterocycles. The lowest BCUT2D eigenvalue weighted by Crippen LogP contribution is -2.53. The lowest BCUT2D eigenvalue weighted by Gasteiger charge is -2.40. The molecule has 0 bridgehead atoms. The number of benzene rings is 6. The molecular weight excluding hydrogens is 1790 g/mol. The van der Waals surface area contributed by atoms with Crippen molar-refractivity contribution < 1.29 is 56.2 Å². The van der Waals surface area contributed by atoms with E-state index in [-0.39, 0.29) is 134 Å². The van der Waals surface area contributed by atoms with Crippen LogP contribution in [0.5, 0.6) is 0 Å². The van der Waals surface area contributed by atoms with Gasteiger partial charge in [-0.2, -0.15) is 9.97 Å². The number of anilines is 2. The molecule has 39 heteroatoms. The first kappa shape index (κ1) is 100. The number of aliphatic hydroxyl groups is 1. The Kier molecular flexibility index (Phi) is 33.9. The molecule has 34 nitrogen and oxygen atoms in total. The molecule has 0 spiro atoms. The van der Waals surface area contributed by atoms with E-state index in [0.717, 1.165) is 33.4 Å². The molecule has 4 aliphatic heterocycles. The number of nitrogens with zero attached hydrogens (tertiary/aromatic N) is 12. The maximum atomic E-state index is 13.2. The summed E-state index contributed by atoms with van der Waals surface area (Å²) in [5.41, 5.74) is 4.14. The first-order valence-corrected chi connectivity index (χ1v) is 52.6. The van der Waals surface area contributed by atoms with Crippen LogP contribution in [0.2, 0.25) is 18.1 Å². The summed E-state index contributed by atoms with van der Waals surface area (Å²) in [6.07, 6.45) is 3.07. The summed E-state index contributed by atoms with van der Waals surface area (Å²) in [7, 11) is 5.34. The van der Waals surface area contributed by atoms with Crippen molar-refractivity contribution in [2.45, 2.75) is 177 Å². The summed E-state index contributed by atoms with van der Waals surface area (Å²) >= 11 is 12.6. The van der Waals surface area contributed by atoms with Crippen molar-refractivity contribution in [2.24, 2.45) is 21.8 Å². The molecular formula is C94H120N20O14P2S2Si. The van der Waals surface area contributed by atoms with Crippen LogP contribution in [0.25, 0.3) is 32.0 Å². The molecule has 10 aromatic rings. The molecule has 2 amide bonds. The molecule has 14 unspecified atom stereocenters. The maximum absolute atomic E-state index is 13.2. The highest BCUT2D eigenvalue weighted by Gasteiger charge is 2.50. The predicted octanol–water partition coefficient (Wildman–Crippen LogP) is 12.6. The van der Waals surface area contributed by atoms with Crippen molar-refractivity contribution in [3.63, 3.8) is 0 Å². The standard InChI is InChI=1S/C50H67N10O7PSSi.C44H53N10O7PS/c1-34(2)46(61)55-48-54-45-44(47(62)56-48)53-33-60(45)43-29-39(41(67-43)31-65-70(9,10)49(3,4)5)58-68(69,63-27-26-51-6)64-30-40-38(28-42(66-40)52-32-59(7)8)57-50(35-20-14-11-15-21-35,36-22-16-12-17-23-36)37-24-18-13-19-25-37;1-29(2)41(56)49-43-48-40-39(42(57)50-43)47-28-54(40)38-24-34(35(25-55)61-38)52-62(63,58-22-21-45-3)59-26-36-33(23-37(60-36)46-27-53(4)5)51-44(30-15-9-6-10-16-30,31-17-11-7-12-18-31)32-19-13-8-14-20-32/h11-25,32-34,38-43,57H,26-31H2,1-5,7-10H3,(H,58,69)(H2,54,55,56,61,62);6-20,27-29,33-38,51,55H,21-26H2,1-2,4-5H3,(H,52,63)(H2,48,49,50,56,57). The third-order valence-corrected chi connectivity index (χ3v) is 33.6. The second-order valence-corrected chi connectivity index (χ2v) is 46.9. The molecule has 6 aromatic carbocycles. The minimum absolute atomic E-state index is 0.000389. The molecule has 133 heavy (non-hydrogen) atoms. The number of carbonyl (C=O) groups is 2. The third kappa shape index (κ3) is 24.6. The molecule has 0 radical (unpaired) electrons. The number of aromatic amines is 2. The van der Waals surface area contributed by atoms with Gasteiger partial charge in [0.1, 0.15) is 25.7 Å². The van der Waals surface area contributed by atoms with Gasteiger partial charge in [-0.05, 0) is 75.1 Å². The van der Waals surface area contributed by atoms with E-state index >= 15 is 0 Å². The minimum Gasteiger partial charge on any atom is -0.414 e. The lowest BCUT2D eigenvalue weighted by molar-refractivity contribution is -0.119. The molecule has 706 valence electrons. The number of nitrogens with one attached hydrogen (secondary N) is 8. The summed E-state index contributed by atoms with van der Waals surface area (Å²) in [5.74, 6) is -1.33. The smallest absolute Gasteiger partial charge is 0.280 e. The fourth-order valence-corrected chi connectivity index (χ4v) is 21.8. The highest BCUT2D eigenvalue weighted by molar-refractivity contribution is 8.09. The average Bonchev–Trinajstić information content (AvgIpc) is 1.45. The van der Waals surface area contributed by atoms with Crippen LogP contribution in [0.15, 0.2) is 214 Å². The summed E-state index contributed by atoms with van der Waals surface area (Å²) < 4.78 is 62.8. The van der Waals surface area contributed by atoms with Gasteiger partial charge in [0.05, 0.1) is 87.3 Å². The highest BCUT2D eigenvalue weighted by atomic mass is 32.5. The van der Waals surface area contributed by atoms with E-state index < -0.39 is 105 Å². The van der Waals surface area contributed by atoms with Gasteiger partial charge in [0.15, 0.2) is 43.1 Å². The largest absolute Gasteiger partial charge is 0.414 e. The molecule has 4 fully saturated rings. The number of rotatable bonds is 40. The van der Waals surface area contributed by atoms with Gasteiger partial charge >= 0.3 is 0 Å². The number of aliphatic hydroxyl groups excluding tert-OH is 1. The number of carbonyl (C=O) groups excluding carboxylic acids is 2. The van der Waals surface area contributed by atoms with E-state index in [9.17, 15) is 24.3 Å². The third-order valence-electron chi connectivity index (χ3n) is 23.9. The molecule has 4 saturated heterocycles. The van der Waals surface area contributed by atoms with Crippen LogP contribution >= 0.6 is 13.3 Å². The van der Waals surface area contributed by atoms with Crippen molar-refractivity contribution in [3.05, 3.63) is 272 Å². The monoisotopic (exact) mass is 1910 g/mol. The van der Waals surface area contributed by atoms with Crippen molar-refractivity contribution in [1.82, 2.24) is 69.6 Å². The Morgan fingerprint density at radius 3 is 1.18 bits per heavy atom. The Bertz CT molecular complexity index is 5720. The molecule has 14 atom stereocenters. The number of hydrogen-bond acceptors (Lipinski definition) is 24. The van der Waals surface area contributed by atoms with Crippen LogP contribution in [0.4, 0.5) is 11.9 Å². The number of fused-ring (bicyclic) bond motifs is 2. The van der Waals surface area contributed by atoms with Gasteiger partial charge < -0.3 is 66.1 Å². The fourth-order valence-electron chi connectivity index (χ4n) is 16.1. The van der Waals surface area contributed by atoms with Crippen LogP contribution in [0.3, 0.4) is 0 Å².